The molecule has 0 spiro atoms. The average molecular weight is 213 g/mol. The van der Waals surface area contributed by atoms with Gasteiger partial charge in [-0.15, -0.1) is 0 Å². The van der Waals surface area contributed by atoms with E-state index in [2.05, 4.69) is 31.5 Å². The summed E-state index contributed by atoms with van der Waals surface area (Å²) in [5.74, 6) is 0. The predicted molar refractivity (Wildman–Crippen MR) is 67.0 cm³/mol. The van der Waals surface area contributed by atoms with E-state index in [1.807, 2.05) is 11.8 Å². The third-order valence-corrected chi connectivity index (χ3v) is 3.97. The first-order valence-corrected chi connectivity index (χ1v) is 6.90. The molecule has 14 heavy (non-hydrogen) atoms. The van der Waals surface area contributed by atoms with Crippen LogP contribution in [-0.2, 0) is 0 Å². The number of nitrogens with one attached hydrogen (secondary N) is 1. The molecule has 0 aliphatic heterocycles. The van der Waals surface area contributed by atoms with Crippen LogP contribution in [0.1, 0.15) is 39.5 Å². The van der Waals surface area contributed by atoms with Gasteiger partial charge in [0.25, 0.3) is 0 Å². The Balaban J connectivity index is 2.20. The van der Waals surface area contributed by atoms with Crippen molar-refractivity contribution >= 4 is 11.8 Å². The molecule has 1 fully saturated rings. The van der Waals surface area contributed by atoms with E-state index in [-0.39, 0.29) is 0 Å². The van der Waals surface area contributed by atoms with Crippen molar-refractivity contribution in [3.63, 3.8) is 0 Å². The molecule has 0 saturated heterocycles. The van der Waals surface area contributed by atoms with Gasteiger partial charge in [0.15, 0.2) is 0 Å². The molecule has 1 aliphatic rings. The maximum atomic E-state index is 3.63. The summed E-state index contributed by atoms with van der Waals surface area (Å²) in [4.78, 5) is 0. The molecule has 1 N–H and O–H groups in total. The second kappa shape index (κ2) is 6.52. The van der Waals surface area contributed by atoms with Crippen molar-refractivity contribution in [3.8, 4) is 0 Å². The Kier molecular flexibility index (Phi) is 5.64. The number of hydrogen-bond acceptors (Lipinski definition) is 2. The molecule has 0 aromatic rings. The Bertz CT molecular complexity index is 185. The van der Waals surface area contributed by atoms with Crippen molar-refractivity contribution in [2.24, 2.45) is 0 Å². The Hall–Kier alpha value is 0.0500. The van der Waals surface area contributed by atoms with Crippen LogP contribution in [0.2, 0.25) is 0 Å². The van der Waals surface area contributed by atoms with Gasteiger partial charge >= 0.3 is 0 Å². The lowest BCUT2D eigenvalue weighted by Crippen LogP contribution is -2.35. The molecule has 0 bridgehead atoms. The Labute approximate surface area is 92.7 Å². The van der Waals surface area contributed by atoms with E-state index in [0.29, 0.717) is 0 Å². The Morgan fingerprint density at radius 2 is 2.21 bits per heavy atom. The standard InChI is InChI=1S/C12H23NS/c1-10(2)7-8-13-11-5-4-6-12(9-11)14-3/h7,11-13H,4-6,8-9H2,1-3H3. The SMILES string of the molecule is CSC1CCCC(NCC=C(C)C)C1. The largest absolute Gasteiger partial charge is 0.310 e. The first-order valence-electron chi connectivity index (χ1n) is 5.62. The van der Waals surface area contributed by atoms with E-state index in [0.717, 1.165) is 17.8 Å². The zero-order valence-electron chi connectivity index (χ0n) is 9.68. The monoisotopic (exact) mass is 213 g/mol. The third kappa shape index (κ3) is 4.52. The van der Waals surface area contributed by atoms with Gasteiger partial charge in [0.2, 0.25) is 0 Å². The fraction of sp³-hybridized carbons (Fsp3) is 0.833. The van der Waals surface area contributed by atoms with Gasteiger partial charge in [-0.2, -0.15) is 11.8 Å². The molecule has 1 saturated carbocycles. The first kappa shape index (κ1) is 12.1. The van der Waals surface area contributed by atoms with Gasteiger partial charge in [0, 0.05) is 17.8 Å². The molecule has 0 radical (unpaired) electrons. The van der Waals surface area contributed by atoms with Crippen LogP contribution in [0.25, 0.3) is 0 Å². The summed E-state index contributed by atoms with van der Waals surface area (Å²) in [7, 11) is 0. The zero-order chi connectivity index (χ0) is 10.4. The zero-order valence-corrected chi connectivity index (χ0v) is 10.5. The predicted octanol–water partition coefficient (Wildman–Crippen LogP) is 3.22. The lowest BCUT2D eigenvalue weighted by atomic mass is 9.95. The first-order chi connectivity index (χ1) is 6.72. The van der Waals surface area contributed by atoms with Crippen LogP contribution in [-0.4, -0.2) is 24.1 Å². The molecule has 0 heterocycles. The van der Waals surface area contributed by atoms with Crippen LogP contribution in [0.15, 0.2) is 11.6 Å². The highest BCUT2D eigenvalue weighted by Gasteiger charge is 2.19. The summed E-state index contributed by atoms with van der Waals surface area (Å²) in [6, 6.07) is 0.761. The van der Waals surface area contributed by atoms with Crippen molar-refractivity contribution in [2.75, 3.05) is 12.8 Å². The van der Waals surface area contributed by atoms with Crippen LogP contribution in [0.4, 0.5) is 0 Å². The van der Waals surface area contributed by atoms with Crippen LogP contribution in [0.3, 0.4) is 0 Å². The summed E-state index contributed by atoms with van der Waals surface area (Å²) >= 11 is 2.03. The normalized spacial score (nSPS) is 27.4. The summed E-state index contributed by atoms with van der Waals surface area (Å²) in [6.45, 7) is 5.37. The van der Waals surface area contributed by atoms with Crippen molar-refractivity contribution in [3.05, 3.63) is 11.6 Å². The van der Waals surface area contributed by atoms with E-state index in [4.69, 9.17) is 0 Å². The van der Waals surface area contributed by atoms with E-state index < -0.39 is 0 Å². The van der Waals surface area contributed by atoms with Gasteiger partial charge in [0.05, 0.1) is 0 Å². The average Bonchev–Trinajstić information content (AvgIpc) is 2.18. The van der Waals surface area contributed by atoms with Gasteiger partial charge in [0.1, 0.15) is 0 Å². The van der Waals surface area contributed by atoms with Crippen molar-refractivity contribution < 1.29 is 0 Å². The fourth-order valence-electron chi connectivity index (χ4n) is 1.97. The van der Waals surface area contributed by atoms with E-state index in [9.17, 15) is 0 Å². The van der Waals surface area contributed by atoms with Gasteiger partial charge < -0.3 is 5.32 Å². The molecule has 0 amide bonds. The van der Waals surface area contributed by atoms with Crippen molar-refractivity contribution in [2.45, 2.75) is 50.8 Å². The van der Waals surface area contributed by atoms with Gasteiger partial charge in [-0.3, -0.25) is 0 Å². The number of thioether (sulfide) groups is 1. The summed E-state index contributed by atoms with van der Waals surface area (Å²) in [6.07, 6.45) is 10.1. The molecule has 0 aromatic heterocycles. The highest BCUT2D eigenvalue weighted by molar-refractivity contribution is 7.99. The maximum absolute atomic E-state index is 3.63. The lowest BCUT2D eigenvalue weighted by Gasteiger charge is -2.28. The molecule has 1 nitrogen and oxygen atoms in total. The highest BCUT2D eigenvalue weighted by atomic mass is 32.2. The van der Waals surface area contributed by atoms with Crippen molar-refractivity contribution in [1.29, 1.82) is 0 Å². The molecule has 2 heteroatoms. The van der Waals surface area contributed by atoms with Gasteiger partial charge in [-0.05, 0) is 39.4 Å². The molecular formula is C12H23NS. The molecule has 0 aromatic carbocycles. The topological polar surface area (TPSA) is 12.0 Å². The maximum Gasteiger partial charge on any atom is 0.0139 e. The van der Waals surface area contributed by atoms with E-state index >= 15 is 0 Å². The number of allylic oxidation sites excluding steroid dienone is 1. The molecule has 2 unspecified atom stereocenters. The number of rotatable bonds is 4. The summed E-state index contributed by atoms with van der Waals surface area (Å²) in [5.41, 5.74) is 1.41. The quantitative estimate of drug-likeness (QED) is 0.720. The molecule has 1 aliphatic carbocycles. The smallest absolute Gasteiger partial charge is 0.0139 e. The van der Waals surface area contributed by atoms with E-state index in [1.54, 1.807) is 0 Å². The van der Waals surface area contributed by atoms with Gasteiger partial charge in [-0.1, -0.05) is 18.1 Å². The second-order valence-electron chi connectivity index (χ2n) is 4.41. The van der Waals surface area contributed by atoms with Crippen LogP contribution >= 0.6 is 11.8 Å². The molecule has 2 atom stereocenters. The lowest BCUT2D eigenvalue weighted by molar-refractivity contribution is 0.393. The molecule has 1 rings (SSSR count). The fourth-order valence-corrected chi connectivity index (χ4v) is 2.80. The summed E-state index contributed by atoms with van der Waals surface area (Å²) < 4.78 is 0. The Morgan fingerprint density at radius 1 is 1.43 bits per heavy atom. The third-order valence-electron chi connectivity index (χ3n) is 2.88. The van der Waals surface area contributed by atoms with Crippen LogP contribution in [0, 0.1) is 0 Å². The summed E-state index contributed by atoms with van der Waals surface area (Å²) in [5, 5.41) is 4.52. The Morgan fingerprint density at radius 3 is 2.86 bits per heavy atom. The van der Waals surface area contributed by atoms with Crippen LogP contribution in [0.5, 0.6) is 0 Å². The van der Waals surface area contributed by atoms with Crippen molar-refractivity contribution in [1.82, 2.24) is 5.32 Å². The minimum absolute atomic E-state index is 0.761. The minimum atomic E-state index is 0.761. The molecular weight excluding hydrogens is 190 g/mol. The minimum Gasteiger partial charge on any atom is -0.310 e. The van der Waals surface area contributed by atoms with E-state index in [1.165, 1.54) is 31.3 Å². The number of hydrogen-bond donors (Lipinski definition) is 1. The molecule has 82 valence electrons. The highest BCUT2D eigenvalue weighted by Crippen LogP contribution is 2.26. The van der Waals surface area contributed by atoms with Crippen LogP contribution < -0.4 is 5.32 Å². The van der Waals surface area contributed by atoms with Gasteiger partial charge in [-0.25, -0.2) is 0 Å². The second-order valence-corrected chi connectivity index (χ2v) is 5.55.